The second-order valence-corrected chi connectivity index (χ2v) is 8.21. The summed E-state index contributed by atoms with van der Waals surface area (Å²) in [6, 6.07) is 5.35. The van der Waals surface area contributed by atoms with E-state index in [2.05, 4.69) is 44.7 Å². The van der Waals surface area contributed by atoms with Crippen molar-refractivity contribution in [2.75, 3.05) is 13.1 Å². The lowest BCUT2D eigenvalue weighted by atomic mass is 9.95. The molecule has 20 heavy (non-hydrogen) atoms. The summed E-state index contributed by atoms with van der Waals surface area (Å²) in [5, 5.41) is 0. The van der Waals surface area contributed by atoms with Crippen LogP contribution in [0.2, 0.25) is 0 Å². The summed E-state index contributed by atoms with van der Waals surface area (Å²) < 4.78 is 0. The van der Waals surface area contributed by atoms with Crippen molar-refractivity contribution in [2.24, 2.45) is 5.73 Å². The number of thiophene rings is 1. The van der Waals surface area contributed by atoms with Crippen LogP contribution < -0.4 is 5.73 Å². The van der Waals surface area contributed by atoms with Gasteiger partial charge >= 0.3 is 0 Å². The van der Waals surface area contributed by atoms with Crippen LogP contribution in [-0.2, 0) is 5.41 Å². The van der Waals surface area contributed by atoms with E-state index in [4.69, 9.17) is 5.73 Å². The molecule has 2 nitrogen and oxygen atoms in total. The zero-order chi connectivity index (χ0) is 14.8. The molecule has 114 valence electrons. The second kappa shape index (κ2) is 6.59. The van der Waals surface area contributed by atoms with Gasteiger partial charge in [-0.1, -0.05) is 34.1 Å². The Kier molecular flexibility index (Phi) is 5.27. The van der Waals surface area contributed by atoms with Crippen LogP contribution in [0.25, 0.3) is 0 Å². The molecule has 3 heteroatoms. The predicted molar refractivity (Wildman–Crippen MR) is 89.5 cm³/mol. The first kappa shape index (κ1) is 16.0. The molecular weight excluding hydrogens is 264 g/mol. The highest BCUT2D eigenvalue weighted by Gasteiger charge is 2.30. The van der Waals surface area contributed by atoms with Crippen LogP contribution in [0.4, 0.5) is 0 Å². The minimum absolute atomic E-state index is 0.243. The monoisotopic (exact) mass is 294 g/mol. The summed E-state index contributed by atoms with van der Waals surface area (Å²) in [6.45, 7) is 11.5. The van der Waals surface area contributed by atoms with Crippen LogP contribution in [-0.4, -0.2) is 24.0 Å². The normalized spacial score (nSPS) is 25.6. The molecule has 0 saturated carbocycles. The first-order valence-corrected chi connectivity index (χ1v) is 8.85. The topological polar surface area (TPSA) is 29.3 Å². The van der Waals surface area contributed by atoms with E-state index >= 15 is 0 Å². The van der Waals surface area contributed by atoms with Gasteiger partial charge < -0.3 is 5.73 Å². The van der Waals surface area contributed by atoms with Crippen LogP contribution in [0, 0.1) is 0 Å². The van der Waals surface area contributed by atoms with Gasteiger partial charge in [-0.25, -0.2) is 0 Å². The van der Waals surface area contributed by atoms with Crippen LogP contribution >= 0.6 is 11.3 Å². The number of likely N-dealkylation sites (tertiary alicyclic amines) is 1. The molecule has 0 aromatic carbocycles. The Balaban J connectivity index is 2.27. The van der Waals surface area contributed by atoms with E-state index < -0.39 is 0 Å². The Morgan fingerprint density at radius 3 is 2.65 bits per heavy atom. The molecule has 2 N–H and O–H groups in total. The summed E-state index contributed by atoms with van der Waals surface area (Å²) >= 11 is 1.97. The molecule has 2 rings (SSSR count). The van der Waals surface area contributed by atoms with Crippen molar-refractivity contribution in [1.29, 1.82) is 0 Å². The molecule has 0 bridgehead atoms. The molecule has 1 fully saturated rings. The molecule has 1 aromatic heterocycles. The van der Waals surface area contributed by atoms with Gasteiger partial charge in [0.1, 0.15) is 0 Å². The lowest BCUT2D eigenvalue weighted by Crippen LogP contribution is -2.39. The molecule has 0 amide bonds. The van der Waals surface area contributed by atoms with E-state index in [0.29, 0.717) is 6.04 Å². The summed E-state index contributed by atoms with van der Waals surface area (Å²) in [5.74, 6) is 0. The van der Waals surface area contributed by atoms with Crippen LogP contribution in [0.3, 0.4) is 0 Å². The van der Waals surface area contributed by atoms with E-state index in [1.807, 2.05) is 11.3 Å². The van der Waals surface area contributed by atoms with Crippen molar-refractivity contribution in [1.82, 2.24) is 4.90 Å². The van der Waals surface area contributed by atoms with Gasteiger partial charge in [-0.05, 0) is 49.9 Å². The lowest BCUT2D eigenvalue weighted by molar-refractivity contribution is 0.189. The summed E-state index contributed by atoms with van der Waals surface area (Å²) in [6.07, 6.45) is 4.94. The van der Waals surface area contributed by atoms with Gasteiger partial charge in [-0.2, -0.15) is 0 Å². The summed E-state index contributed by atoms with van der Waals surface area (Å²) in [5.41, 5.74) is 6.76. The number of nitrogens with two attached hydrogens (primary N) is 1. The molecule has 0 radical (unpaired) electrons. The Morgan fingerprint density at radius 1 is 1.30 bits per heavy atom. The quantitative estimate of drug-likeness (QED) is 0.900. The number of nitrogens with zero attached hydrogens (tertiary/aromatic N) is 1. The molecule has 2 heterocycles. The molecule has 1 aliphatic rings. The number of rotatable bonds is 3. The first-order valence-electron chi connectivity index (χ1n) is 8.03. The molecule has 0 aliphatic carbocycles. The minimum atomic E-state index is 0.243. The van der Waals surface area contributed by atoms with Crippen LogP contribution in [0.5, 0.6) is 0 Å². The van der Waals surface area contributed by atoms with E-state index in [1.165, 1.54) is 42.1 Å². The average molecular weight is 295 g/mol. The fourth-order valence-electron chi connectivity index (χ4n) is 3.11. The van der Waals surface area contributed by atoms with Crippen LogP contribution in [0.15, 0.2) is 12.1 Å². The van der Waals surface area contributed by atoms with Gasteiger partial charge in [-0.3, -0.25) is 4.90 Å². The van der Waals surface area contributed by atoms with Gasteiger partial charge in [0.15, 0.2) is 0 Å². The molecule has 1 saturated heterocycles. The molecule has 2 atom stereocenters. The van der Waals surface area contributed by atoms with Crippen molar-refractivity contribution in [3.8, 4) is 0 Å². The maximum absolute atomic E-state index is 6.51. The fourth-order valence-corrected chi connectivity index (χ4v) is 4.38. The molecule has 0 spiro atoms. The highest BCUT2D eigenvalue weighted by atomic mass is 32.1. The first-order chi connectivity index (χ1) is 9.43. The highest BCUT2D eigenvalue weighted by Crippen LogP contribution is 2.37. The molecule has 1 aromatic rings. The fraction of sp³-hybridized carbons (Fsp3) is 0.765. The maximum atomic E-state index is 6.51. The van der Waals surface area contributed by atoms with E-state index in [-0.39, 0.29) is 11.5 Å². The third kappa shape index (κ3) is 3.63. The van der Waals surface area contributed by atoms with Crippen molar-refractivity contribution in [3.63, 3.8) is 0 Å². The smallest absolute Gasteiger partial charge is 0.0593 e. The van der Waals surface area contributed by atoms with Crippen molar-refractivity contribution in [3.05, 3.63) is 21.9 Å². The van der Waals surface area contributed by atoms with Crippen molar-refractivity contribution >= 4 is 11.3 Å². The summed E-state index contributed by atoms with van der Waals surface area (Å²) in [7, 11) is 0. The standard InChI is InChI=1S/C17H30N2S/c1-5-11-19-12-7-6-8-13(18)16(19)14-9-10-15(20-14)17(2,3)4/h9-10,13,16H,5-8,11-12,18H2,1-4H3. The molecule has 1 aliphatic heterocycles. The zero-order valence-corrected chi connectivity index (χ0v) is 14.3. The third-order valence-corrected chi connectivity index (χ3v) is 5.78. The SMILES string of the molecule is CCCN1CCCCC(N)C1c1ccc(C(C)(C)C)s1. The minimum Gasteiger partial charge on any atom is -0.326 e. The zero-order valence-electron chi connectivity index (χ0n) is 13.5. The Morgan fingerprint density at radius 2 is 2.05 bits per heavy atom. The Bertz CT molecular complexity index is 419. The van der Waals surface area contributed by atoms with Gasteiger partial charge in [0.05, 0.1) is 6.04 Å². The lowest BCUT2D eigenvalue weighted by Gasteiger charge is -2.32. The van der Waals surface area contributed by atoms with Gasteiger partial charge in [0, 0.05) is 15.8 Å². The maximum Gasteiger partial charge on any atom is 0.0593 e. The molecule has 2 unspecified atom stereocenters. The second-order valence-electron chi connectivity index (χ2n) is 7.09. The van der Waals surface area contributed by atoms with Crippen LogP contribution in [0.1, 0.15) is 69.2 Å². The average Bonchev–Trinajstić information content (AvgIpc) is 2.77. The van der Waals surface area contributed by atoms with E-state index in [1.54, 1.807) is 0 Å². The third-order valence-electron chi connectivity index (χ3n) is 4.20. The van der Waals surface area contributed by atoms with Gasteiger partial charge in [-0.15, -0.1) is 11.3 Å². The number of hydrogen-bond acceptors (Lipinski definition) is 3. The van der Waals surface area contributed by atoms with Crippen molar-refractivity contribution in [2.45, 2.75) is 70.9 Å². The Hall–Kier alpha value is -0.380. The Labute approximate surface area is 128 Å². The number of hydrogen-bond donors (Lipinski definition) is 1. The largest absolute Gasteiger partial charge is 0.326 e. The van der Waals surface area contributed by atoms with Crippen molar-refractivity contribution < 1.29 is 0 Å². The summed E-state index contributed by atoms with van der Waals surface area (Å²) in [4.78, 5) is 5.56. The highest BCUT2D eigenvalue weighted by molar-refractivity contribution is 7.12. The predicted octanol–water partition coefficient (Wildman–Crippen LogP) is 4.31. The van der Waals surface area contributed by atoms with Gasteiger partial charge in [0.2, 0.25) is 0 Å². The van der Waals surface area contributed by atoms with E-state index in [9.17, 15) is 0 Å². The van der Waals surface area contributed by atoms with Gasteiger partial charge in [0.25, 0.3) is 0 Å². The molecular formula is C17H30N2S. The van der Waals surface area contributed by atoms with E-state index in [0.717, 1.165) is 6.42 Å².